The second kappa shape index (κ2) is 8.52. The summed E-state index contributed by atoms with van der Waals surface area (Å²) in [7, 11) is -18.3. The van der Waals surface area contributed by atoms with Gasteiger partial charge in [0.1, 0.15) is 5.75 Å². The molecular weight excluding hydrogens is 485 g/mol. The van der Waals surface area contributed by atoms with Gasteiger partial charge in [-0.2, -0.15) is 25.3 Å². The molecule has 29 heavy (non-hydrogen) atoms. The average Bonchev–Trinajstić information content (AvgIpc) is 2.33. The van der Waals surface area contributed by atoms with E-state index in [1.54, 1.807) is 39.3 Å². The van der Waals surface area contributed by atoms with Crippen LogP contribution in [0.3, 0.4) is 0 Å². The fourth-order valence-electron chi connectivity index (χ4n) is 1.72. The number of rotatable bonds is 10. The standard InChI is InChI=1S/C13H24O11S3Si2/c1-25(14,15)20-11-8-9-12(21-26(16,17)23-28(2,3)4)13(10-11)22-27(18,19)24-29(5,6)7/h8-10H,1-7H3. The molecule has 0 aliphatic rings. The van der Waals surface area contributed by atoms with Crippen molar-refractivity contribution in [3.8, 4) is 17.2 Å². The Labute approximate surface area is 173 Å². The van der Waals surface area contributed by atoms with E-state index in [4.69, 9.17) is 16.1 Å². The molecule has 1 aromatic carbocycles. The van der Waals surface area contributed by atoms with Crippen LogP contribution in [-0.4, -0.2) is 48.1 Å². The summed E-state index contributed by atoms with van der Waals surface area (Å²) >= 11 is 0. The van der Waals surface area contributed by atoms with Gasteiger partial charge in [0.2, 0.25) is 16.6 Å². The zero-order valence-electron chi connectivity index (χ0n) is 16.9. The Morgan fingerprint density at radius 2 is 1.07 bits per heavy atom. The first kappa shape index (κ1) is 25.9. The van der Waals surface area contributed by atoms with Gasteiger partial charge in [-0.15, -0.1) is 0 Å². The van der Waals surface area contributed by atoms with Crippen LogP contribution in [0.4, 0.5) is 0 Å². The Bertz CT molecular complexity index is 1050. The first-order valence-corrected chi connectivity index (χ1v) is 19.3. The van der Waals surface area contributed by atoms with Crippen molar-refractivity contribution in [2.45, 2.75) is 39.3 Å². The van der Waals surface area contributed by atoms with Crippen molar-refractivity contribution in [3.63, 3.8) is 0 Å². The molecule has 0 amide bonds. The molecule has 1 aromatic rings. The van der Waals surface area contributed by atoms with Crippen LogP contribution in [0.15, 0.2) is 18.2 Å². The lowest BCUT2D eigenvalue weighted by molar-refractivity contribution is 0.365. The van der Waals surface area contributed by atoms with E-state index in [9.17, 15) is 25.3 Å². The molecule has 0 N–H and O–H groups in total. The third kappa shape index (κ3) is 11.0. The molecule has 0 saturated heterocycles. The lowest BCUT2D eigenvalue weighted by atomic mass is 10.3. The number of benzene rings is 1. The minimum Gasteiger partial charge on any atom is -0.382 e. The van der Waals surface area contributed by atoms with Gasteiger partial charge >= 0.3 is 30.9 Å². The molecule has 0 bridgehead atoms. The first-order valence-electron chi connectivity index (χ1n) is 8.00. The summed E-state index contributed by atoms with van der Waals surface area (Å²) in [6, 6.07) is 2.86. The maximum atomic E-state index is 12.2. The second-order valence-corrected chi connectivity index (χ2v) is 21.1. The van der Waals surface area contributed by atoms with Gasteiger partial charge in [-0.05, 0) is 51.4 Å². The second-order valence-electron chi connectivity index (χ2n) is 7.77. The van der Waals surface area contributed by atoms with E-state index >= 15 is 0 Å². The minimum atomic E-state index is -4.62. The van der Waals surface area contributed by atoms with Gasteiger partial charge in [0, 0.05) is 6.07 Å². The molecule has 168 valence electrons. The SMILES string of the molecule is C[Si](C)(C)OS(=O)(=O)Oc1ccc(OS(C)(=O)=O)cc1OS(=O)(=O)O[Si](C)(C)C. The quantitative estimate of drug-likeness (QED) is 0.337. The van der Waals surface area contributed by atoms with E-state index in [0.717, 1.165) is 24.5 Å². The Morgan fingerprint density at radius 3 is 1.45 bits per heavy atom. The van der Waals surface area contributed by atoms with Crippen LogP contribution < -0.4 is 12.5 Å². The number of hydrogen-bond donors (Lipinski definition) is 0. The number of hydrogen-bond acceptors (Lipinski definition) is 11. The third-order valence-corrected chi connectivity index (χ3v) is 9.15. The van der Waals surface area contributed by atoms with Crippen molar-refractivity contribution in [2.24, 2.45) is 0 Å². The fourth-order valence-corrected chi connectivity index (χ4v) is 8.05. The van der Waals surface area contributed by atoms with E-state index in [1.165, 1.54) is 0 Å². The van der Waals surface area contributed by atoms with Crippen molar-refractivity contribution in [2.75, 3.05) is 6.26 Å². The van der Waals surface area contributed by atoms with E-state index in [1.807, 2.05) is 0 Å². The third-order valence-electron chi connectivity index (χ3n) is 2.25. The molecule has 0 aliphatic carbocycles. The maximum absolute atomic E-state index is 12.2. The Hall–Kier alpha value is -1.18. The molecule has 0 atom stereocenters. The van der Waals surface area contributed by atoms with Gasteiger partial charge in [-0.1, -0.05) is 0 Å². The zero-order chi connectivity index (χ0) is 22.9. The Kier molecular flexibility index (Phi) is 7.60. The normalized spacial score (nSPS) is 13.8. The molecule has 16 heteroatoms. The molecular formula is C13H24O11S3Si2. The summed E-state index contributed by atoms with van der Waals surface area (Å²) < 4.78 is 95.3. The van der Waals surface area contributed by atoms with Crippen molar-refractivity contribution in [1.82, 2.24) is 0 Å². The highest BCUT2D eigenvalue weighted by Crippen LogP contribution is 2.35. The summed E-state index contributed by atoms with van der Waals surface area (Å²) in [4.78, 5) is 0. The summed E-state index contributed by atoms with van der Waals surface area (Å²) in [6.07, 6.45) is 0.773. The predicted molar refractivity (Wildman–Crippen MR) is 110 cm³/mol. The smallest absolute Gasteiger partial charge is 0.382 e. The monoisotopic (exact) mass is 508 g/mol. The highest BCUT2D eigenvalue weighted by molar-refractivity contribution is 7.86. The van der Waals surface area contributed by atoms with Crippen molar-refractivity contribution in [3.05, 3.63) is 18.2 Å². The molecule has 0 saturated carbocycles. The molecule has 0 heterocycles. The highest BCUT2D eigenvalue weighted by atomic mass is 32.3. The molecule has 0 aliphatic heterocycles. The van der Waals surface area contributed by atoms with Crippen molar-refractivity contribution >= 4 is 47.6 Å². The largest absolute Gasteiger partial charge is 0.439 e. The predicted octanol–water partition coefficient (Wildman–Crippen LogP) is 1.98. The molecule has 11 nitrogen and oxygen atoms in total. The molecule has 0 radical (unpaired) electrons. The zero-order valence-corrected chi connectivity index (χ0v) is 21.4. The summed E-state index contributed by atoms with van der Waals surface area (Å²) in [5.74, 6) is -1.56. The van der Waals surface area contributed by atoms with Crippen LogP contribution in [0.2, 0.25) is 39.3 Å². The van der Waals surface area contributed by atoms with Gasteiger partial charge in [0.15, 0.2) is 11.5 Å². The van der Waals surface area contributed by atoms with Gasteiger partial charge in [0.25, 0.3) is 0 Å². The van der Waals surface area contributed by atoms with Gasteiger partial charge in [-0.25, -0.2) is 0 Å². The van der Waals surface area contributed by atoms with Crippen LogP contribution in [0.1, 0.15) is 0 Å². The van der Waals surface area contributed by atoms with Gasteiger partial charge < -0.3 is 12.5 Å². The summed E-state index contributed by atoms with van der Waals surface area (Å²) in [5.41, 5.74) is 0. The van der Waals surface area contributed by atoms with Crippen LogP contribution in [-0.2, 0) is 38.7 Å². The molecule has 0 aromatic heterocycles. The van der Waals surface area contributed by atoms with Gasteiger partial charge in [0.05, 0.1) is 6.26 Å². The molecule has 0 unspecified atom stereocenters. The fraction of sp³-hybridized carbons (Fsp3) is 0.538. The van der Waals surface area contributed by atoms with E-state index < -0.39 is 59.0 Å². The van der Waals surface area contributed by atoms with E-state index in [0.29, 0.717) is 0 Å². The van der Waals surface area contributed by atoms with Crippen LogP contribution >= 0.6 is 0 Å². The Balaban J connectivity index is 3.38. The lowest BCUT2D eigenvalue weighted by Crippen LogP contribution is -2.32. The Morgan fingerprint density at radius 1 is 0.655 bits per heavy atom. The van der Waals surface area contributed by atoms with Gasteiger partial charge in [-0.3, -0.25) is 7.74 Å². The summed E-state index contributed by atoms with van der Waals surface area (Å²) in [5, 5.41) is 0. The molecule has 1 rings (SSSR count). The van der Waals surface area contributed by atoms with Crippen molar-refractivity contribution in [1.29, 1.82) is 0 Å². The van der Waals surface area contributed by atoms with E-state index in [-0.39, 0.29) is 5.75 Å². The maximum Gasteiger partial charge on any atom is 0.439 e. The average molecular weight is 509 g/mol. The highest BCUT2D eigenvalue weighted by Gasteiger charge is 2.30. The molecule has 0 fully saturated rings. The van der Waals surface area contributed by atoms with Crippen LogP contribution in [0.25, 0.3) is 0 Å². The van der Waals surface area contributed by atoms with E-state index in [2.05, 4.69) is 4.18 Å². The molecule has 0 spiro atoms. The lowest BCUT2D eigenvalue weighted by Gasteiger charge is -2.19. The van der Waals surface area contributed by atoms with Crippen molar-refractivity contribution < 1.29 is 45.5 Å². The summed E-state index contributed by atoms with van der Waals surface area (Å²) in [6.45, 7) is 9.55. The van der Waals surface area contributed by atoms with Crippen LogP contribution in [0.5, 0.6) is 17.2 Å². The van der Waals surface area contributed by atoms with Crippen LogP contribution in [0, 0.1) is 0 Å². The first-order chi connectivity index (χ1) is 12.7. The topological polar surface area (TPSA) is 149 Å². The minimum absolute atomic E-state index is 0.332.